The molecule has 0 N–H and O–H groups in total. The summed E-state index contributed by atoms with van der Waals surface area (Å²) >= 11 is 0. The van der Waals surface area contributed by atoms with Crippen molar-refractivity contribution < 1.29 is 0 Å². The van der Waals surface area contributed by atoms with Crippen LogP contribution in [-0.2, 0) is 0 Å². The van der Waals surface area contributed by atoms with Gasteiger partial charge in [-0.15, -0.1) is 0 Å². The highest BCUT2D eigenvalue weighted by molar-refractivity contribution is 5.06. The van der Waals surface area contributed by atoms with Gasteiger partial charge in [-0.25, -0.2) is 0 Å². The van der Waals surface area contributed by atoms with Crippen molar-refractivity contribution >= 4 is 0 Å². The minimum atomic E-state index is 0.644. The zero-order chi connectivity index (χ0) is 18.6. The third kappa shape index (κ3) is 3.24. The lowest BCUT2D eigenvalue weighted by Crippen LogP contribution is -2.38. The van der Waals surface area contributed by atoms with Crippen LogP contribution in [0.15, 0.2) is 0 Å². The Labute approximate surface area is 169 Å². The largest absolute Gasteiger partial charge is 0.0651 e. The second kappa shape index (κ2) is 7.36. The van der Waals surface area contributed by atoms with Crippen molar-refractivity contribution in [1.82, 2.24) is 0 Å². The zero-order valence-corrected chi connectivity index (χ0v) is 18.6. The summed E-state index contributed by atoms with van der Waals surface area (Å²) in [6.07, 6.45) is 22.0. The maximum absolute atomic E-state index is 2.69. The van der Waals surface area contributed by atoms with Crippen LogP contribution >= 0.6 is 0 Å². The molecule has 0 heterocycles. The quantitative estimate of drug-likeness (QED) is 0.460. The minimum Gasteiger partial charge on any atom is -0.0651 e. The van der Waals surface area contributed by atoms with E-state index in [4.69, 9.17) is 0 Å². The summed E-state index contributed by atoms with van der Waals surface area (Å²) < 4.78 is 0. The van der Waals surface area contributed by atoms with Gasteiger partial charge in [0.05, 0.1) is 0 Å². The van der Waals surface area contributed by atoms with Crippen LogP contribution in [0.25, 0.3) is 0 Å². The Kier molecular flexibility index (Phi) is 5.17. The molecule has 9 unspecified atom stereocenters. The predicted octanol–water partition coefficient (Wildman–Crippen LogP) is 8.11. The van der Waals surface area contributed by atoms with E-state index >= 15 is 0 Å². The molecule has 0 aromatic rings. The Hall–Kier alpha value is 0. The smallest absolute Gasteiger partial charge is 0.0292 e. The van der Waals surface area contributed by atoms with Crippen LogP contribution in [0.3, 0.4) is 0 Å². The predicted molar refractivity (Wildman–Crippen MR) is 116 cm³/mol. The number of hydrogen-bond donors (Lipinski definition) is 0. The van der Waals surface area contributed by atoms with Crippen LogP contribution in [0.5, 0.6) is 0 Å². The van der Waals surface area contributed by atoms with Crippen LogP contribution in [-0.4, -0.2) is 0 Å². The fourth-order valence-corrected chi connectivity index (χ4v) is 9.71. The van der Waals surface area contributed by atoms with E-state index in [2.05, 4.69) is 20.8 Å². The van der Waals surface area contributed by atoms with Gasteiger partial charge in [-0.3, -0.25) is 0 Å². The molecule has 0 amide bonds. The first-order valence-corrected chi connectivity index (χ1v) is 13.1. The molecule has 5 aliphatic rings. The van der Waals surface area contributed by atoms with Gasteiger partial charge >= 0.3 is 0 Å². The van der Waals surface area contributed by atoms with Crippen molar-refractivity contribution in [2.24, 2.45) is 58.7 Å². The molecular formula is C27H46. The van der Waals surface area contributed by atoms with Gasteiger partial charge in [0.15, 0.2) is 0 Å². The Bertz CT molecular complexity index is 518. The molecule has 0 aromatic carbocycles. The number of rotatable bonds is 2. The molecular weight excluding hydrogens is 324 g/mol. The normalized spacial score (nSPS) is 51.9. The summed E-state index contributed by atoms with van der Waals surface area (Å²) in [5.41, 5.74) is 0.644. The first-order chi connectivity index (χ1) is 13.1. The Morgan fingerprint density at radius 3 is 1.96 bits per heavy atom. The Balaban J connectivity index is 1.25. The molecule has 5 fully saturated rings. The Morgan fingerprint density at radius 1 is 0.593 bits per heavy atom. The molecule has 0 heteroatoms. The molecule has 0 aromatic heterocycles. The molecule has 27 heavy (non-hydrogen) atoms. The first kappa shape index (κ1) is 19.0. The van der Waals surface area contributed by atoms with E-state index in [-0.39, 0.29) is 0 Å². The molecule has 0 spiro atoms. The van der Waals surface area contributed by atoms with Crippen molar-refractivity contribution in [2.45, 2.75) is 111 Å². The van der Waals surface area contributed by atoms with Crippen molar-refractivity contribution in [3.05, 3.63) is 0 Å². The lowest BCUT2D eigenvalue weighted by atomic mass is 9.58. The van der Waals surface area contributed by atoms with Crippen molar-refractivity contribution in [1.29, 1.82) is 0 Å². The lowest BCUT2D eigenvalue weighted by Gasteiger charge is -2.47. The van der Waals surface area contributed by atoms with E-state index in [1.54, 1.807) is 70.6 Å². The monoisotopic (exact) mass is 370 g/mol. The van der Waals surface area contributed by atoms with Crippen LogP contribution in [0, 0.1) is 58.7 Å². The number of hydrogen-bond acceptors (Lipinski definition) is 0. The topological polar surface area (TPSA) is 0 Å². The fourth-order valence-electron chi connectivity index (χ4n) is 9.71. The third-order valence-electron chi connectivity index (χ3n) is 11.2. The maximum Gasteiger partial charge on any atom is -0.0292 e. The second-order valence-electron chi connectivity index (χ2n) is 12.4. The molecule has 0 bridgehead atoms. The summed E-state index contributed by atoms with van der Waals surface area (Å²) in [6, 6.07) is 0. The molecule has 0 nitrogen and oxygen atoms in total. The van der Waals surface area contributed by atoms with Gasteiger partial charge in [-0.1, -0.05) is 46.5 Å². The molecule has 0 aliphatic heterocycles. The molecule has 9 atom stereocenters. The van der Waals surface area contributed by atoms with Crippen molar-refractivity contribution in [3.63, 3.8) is 0 Å². The van der Waals surface area contributed by atoms with Crippen LogP contribution in [0.1, 0.15) is 111 Å². The van der Waals surface area contributed by atoms with Crippen LogP contribution < -0.4 is 0 Å². The van der Waals surface area contributed by atoms with Gasteiger partial charge in [0.1, 0.15) is 0 Å². The fraction of sp³-hybridized carbons (Fsp3) is 1.00. The first-order valence-electron chi connectivity index (χ1n) is 13.1. The van der Waals surface area contributed by atoms with Gasteiger partial charge in [-0.05, 0) is 123 Å². The number of fused-ring (bicyclic) bond motifs is 4. The van der Waals surface area contributed by atoms with Gasteiger partial charge < -0.3 is 0 Å². The van der Waals surface area contributed by atoms with Crippen molar-refractivity contribution in [3.8, 4) is 0 Å². The average molecular weight is 371 g/mol. The highest BCUT2D eigenvalue weighted by Crippen LogP contribution is 2.64. The third-order valence-corrected chi connectivity index (χ3v) is 11.2. The highest BCUT2D eigenvalue weighted by Gasteiger charge is 2.57. The van der Waals surface area contributed by atoms with E-state index < -0.39 is 0 Å². The van der Waals surface area contributed by atoms with Crippen molar-refractivity contribution in [2.75, 3.05) is 0 Å². The maximum atomic E-state index is 2.69. The van der Waals surface area contributed by atoms with Gasteiger partial charge in [0.25, 0.3) is 0 Å². The van der Waals surface area contributed by atoms with Crippen LogP contribution in [0.4, 0.5) is 0 Å². The summed E-state index contributed by atoms with van der Waals surface area (Å²) in [6.45, 7) is 7.80. The second-order valence-corrected chi connectivity index (χ2v) is 12.4. The SMILES string of the molecule is CCC1CCC2CC(C3CCC4C5CCCCC5C(C)(C)C4C3)CCC2C1. The Morgan fingerprint density at radius 2 is 1.19 bits per heavy atom. The molecule has 5 rings (SSSR count). The lowest BCUT2D eigenvalue weighted by molar-refractivity contribution is 0.0299. The standard InChI is InChI=1S/C27H46/c1-4-18-9-10-20-16-21(12-11-19(20)15-18)22-13-14-24-23-7-5-6-8-25(23)27(2,3)26(24)17-22/h18-26H,4-17H2,1-3H3. The molecule has 0 saturated heterocycles. The molecule has 5 aliphatic carbocycles. The summed E-state index contributed by atoms with van der Waals surface area (Å²) in [5.74, 6) is 9.85. The minimum absolute atomic E-state index is 0.644. The zero-order valence-electron chi connectivity index (χ0n) is 18.6. The van der Waals surface area contributed by atoms with E-state index in [9.17, 15) is 0 Å². The molecule has 5 saturated carbocycles. The van der Waals surface area contributed by atoms with Gasteiger partial charge in [-0.2, -0.15) is 0 Å². The van der Waals surface area contributed by atoms with E-state index in [0.29, 0.717) is 5.41 Å². The molecule has 0 radical (unpaired) electrons. The van der Waals surface area contributed by atoms with Gasteiger partial charge in [0, 0.05) is 0 Å². The van der Waals surface area contributed by atoms with E-state index in [0.717, 1.165) is 53.3 Å². The van der Waals surface area contributed by atoms with Gasteiger partial charge in [0.2, 0.25) is 0 Å². The highest BCUT2D eigenvalue weighted by atomic mass is 14.6. The summed E-state index contributed by atoms with van der Waals surface area (Å²) in [4.78, 5) is 0. The average Bonchev–Trinajstić information content (AvgIpc) is 2.94. The summed E-state index contributed by atoms with van der Waals surface area (Å²) in [7, 11) is 0. The summed E-state index contributed by atoms with van der Waals surface area (Å²) in [5, 5.41) is 0. The van der Waals surface area contributed by atoms with E-state index in [1.165, 1.54) is 19.3 Å². The van der Waals surface area contributed by atoms with E-state index in [1.807, 2.05) is 0 Å². The molecule has 154 valence electrons. The van der Waals surface area contributed by atoms with Crippen LogP contribution in [0.2, 0.25) is 0 Å².